The third-order valence-electron chi connectivity index (χ3n) is 4.84. The zero-order chi connectivity index (χ0) is 15.5. The van der Waals surface area contributed by atoms with Gasteiger partial charge in [0.05, 0.1) is 0 Å². The third-order valence-corrected chi connectivity index (χ3v) is 5.93. The maximum atomic E-state index is 12.7. The molecular weight excluding hydrogens is 296 g/mol. The first-order valence-corrected chi connectivity index (χ1v) is 9.55. The average molecular weight is 322 g/mol. The van der Waals surface area contributed by atoms with Gasteiger partial charge in [-0.25, -0.2) is 0 Å². The van der Waals surface area contributed by atoms with Gasteiger partial charge in [-0.3, -0.25) is 4.79 Å². The first-order chi connectivity index (χ1) is 10.7. The molecule has 2 aliphatic rings. The molecule has 0 aromatic carbocycles. The van der Waals surface area contributed by atoms with Crippen LogP contribution in [0.4, 0.5) is 0 Å². The first-order valence-electron chi connectivity index (χ1n) is 8.39. The molecule has 1 aromatic heterocycles. The van der Waals surface area contributed by atoms with E-state index in [9.17, 15) is 4.79 Å². The van der Waals surface area contributed by atoms with Gasteiger partial charge in [0.1, 0.15) is 5.76 Å². The fourth-order valence-electron chi connectivity index (χ4n) is 3.44. The van der Waals surface area contributed by atoms with Crippen molar-refractivity contribution in [2.24, 2.45) is 5.92 Å². The van der Waals surface area contributed by atoms with E-state index in [1.807, 2.05) is 29.7 Å². The average Bonchev–Trinajstić information content (AvgIpc) is 3.18. The molecule has 4 nitrogen and oxygen atoms in total. The van der Waals surface area contributed by atoms with E-state index in [0.29, 0.717) is 17.7 Å². The Hall–Kier alpha value is -0.940. The molecule has 1 N–H and O–H groups in total. The summed E-state index contributed by atoms with van der Waals surface area (Å²) in [7, 11) is 0. The van der Waals surface area contributed by atoms with E-state index < -0.39 is 0 Å². The molecule has 5 heteroatoms. The maximum absolute atomic E-state index is 12.7. The number of carbonyl (C=O) groups excluding carboxylic acids is 1. The van der Waals surface area contributed by atoms with E-state index in [-0.39, 0.29) is 5.91 Å². The van der Waals surface area contributed by atoms with Crippen molar-refractivity contribution in [1.29, 1.82) is 0 Å². The fourth-order valence-corrected chi connectivity index (χ4v) is 4.58. The van der Waals surface area contributed by atoms with Crippen molar-refractivity contribution in [3.05, 3.63) is 23.2 Å². The van der Waals surface area contributed by atoms with E-state index in [2.05, 4.69) is 12.2 Å². The van der Waals surface area contributed by atoms with Gasteiger partial charge in [0, 0.05) is 37.0 Å². The lowest BCUT2D eigenvalue weighted by Gasteiger charge is -2.22. The van der Waals surface area contributed by atoms with Gasteiger partial charge in [0.15, 0.2) is 5.76 Å². The fraction of sp³-hybridized carbons (Fsp3) is 0.706. The Morgan fingerprint density at radius 3 is 3.18 bits per heavy atom. The quantitative estimate of drug-likeness (QED) is 0.818. The Labute approximate surface area is 137 Å². The number of aryl methyl sites for hydroxylation is 1. The Kier molecular flexibility index (Phi) is 5.14. The van der Waals surface area contributed by atoms with E-state index in [1.165, 1.54) is 24.2 Å². The van der Waals surface area contributed by atoms with E-state index in [4.69, 9.17) is 4.42 Å². The van der Waals surface area contributed by atoms with Crippen molar-refractivity contribution in [3.63, 3.8) is 0 Å². The standard InChI is InChI=1S/C17H26N2O2S/c1-3-4-7-22-11-14-8-16(21-12(14)2)17(20)19-6-5-13-9-18-10-15(13)19/h8,13,15,18H,3-7,9-11H2,1-2H3/t13-,15+/m1/s1. The molecule has 0 bridgehead atoms. The molecule has 0 radical (unpaired) electrons. The number of carbonyl (C=O) groups is 1. The van der Waals surface area contributed by atoms with Gasteiger partial charge in [0.25, 0.3) is 5.91 Å². The second kappa shape index (κ2) is 7.09. The van der Waals surface area contributed by atoms with Crippen LogP contribution in [0.25, 0.3) is 0 Å². The summed E-state index contributed by atoms with van der Waals surface area (Å²) in [6.07, 6.45) is 3.59. The number of likely N-dealkylation sites (tertiary alicyclic amines) is 1. The summed E-state index contributed by atoms with van der Waals surface area (Å²) in [4.78, 5) is 14.7. The Morgan fingerprint density at radius 1 is 1.50 bits per heavy atom. The minimum atomic E-state index is 0.0732. The molecule has 22 heavy (non-hydrogen) atoms. The lowest BCUT2D eigenvalue weighted by atomic mass is 10.1. The Balaban J connectivity index is 1.63. The van der Waals surface area contributed by atoms with E-state index in [1.54, 1.807) is 0 Å². The zero-order valence-electron chi connectivity index (χ0n) is 13.6. The monoisotopic (exact) mass is 322 g/mol. The summed E-state index contributed by atoms with van der Waals surface area (Å²) in [6.45, 7) is 7.02. The van der Waals surface area contributed by atoms with E-state index >= 15 is 0 Å². The molecule has 2 aliphatic heterocycles. The van der Waals surface area contributed by atoms with Gasteiger partial charge in [-0.2, -0.15) is 11.8 Å². The maximum Gasteiger partial charge on any atom is 0.289 e. The minimum absolute atomic E-state index is 0.0732. The Morgan fingerprint density at radius 2 is 2.36 bits per heavy atom. The summed E-state index contributed by atoms with van der Waals surface area (Å²) in [5, 5.41) is 3.39. The molecular formula is C17H26N2O2S. The van der Waals surface area contributed by atoms with Crippen molar-refractivity contribution >= 4 is 17.7 Å². The van der Waals surface area contributed by atoms with Gasteiger partial charge in [0.2, 0.25) is 0 Å². The summed E-state index contributed by atoms with van der Waals surface area (Å²) in [5.74, 6) is 4.24. The topological polar surface area (TPSA) is 45.5 Å². The highest BCUT2D eigenvalue weighted by atomic mass is 32.2. The lowest BCUT2D eigenvalue weighted by Crippen LogP contribution is -2.38. The van der Waals surface area contributed by atoms with Crippen LogP contribution in [0.15, 0.2) is 10.5 Å². The number of nitrogens with one attached hydrogen (secondary N) is 1. The van der Waals surface area contributed by atoms with Crippen LogP contribution >= 0.6 is 11.8 Å². The van der Waals surface area contributed by atoms with Crippen LogP contribution in [-0.2, 0) is 5.75 Å². The van der Waals surface area contributed by atoms with E-state index in [0.717, 1.165) is 37.6 Å². The summed E-state index contributed by atoms with van der Waals surface area (Å²) >= 11 is 1.92. The number of hydrogen-bond acceptors (Lipinski definition) is 4. The van der Waals surface area contributed by atoms with Gasteiger partial charge in [-0.15, -0.1) is 0 Å². The molecule has 3 rings (SSSR count). The Bertz CT molecular complexity index is 529. The largest absolute Gasteiger partial charge is 0.456 e. The minimum Gasteiger partial charge on any atom is -0.456 e. The van der Waals surface area contributed by atoms with Crippen LogP contribution < -0.4 is 5.32 Å². The number of fused-ring (bicyclic) bond motifs is 1. The molecule has 122 valence electrons. The molecule has 1 aromatic rings. The number of furan rings is 1. The molecule has 1 amide bonds. The molecule has 2 atom stereocenters. The smallest absolute Gasteiger partial charge is 0.289 e. The van der Waals surface area contributed by atoms with Crippen LogP contribution in [0.2, 0.25) is 0 Å². The van der Waals surface area contributed by atoms with Crippen LogP contribution in [0.3, 0.4) is 0 Å². The van der Waals surface area contributed by atoms with Gasteiger partial charge in [-0.1, -0.05) is 13.3 Å². The summed E-state index contributed by atoms with van der Waals surface area (Å²) in [6, 6.07) is 2.33. The number of unbranched alkanes of at least 4 members (excludes halogenated alkanes) is 1. The van der Waals surface area contributed by atoms with Gasteiger partial charge < -0.3 is 14.6 Å². The number of amides is 1. The van der Waals surface area contributed by atoms with Crippen molar-refractivity contribution in [2.45, 2.75) is 44.9 Å². The van der Waals surface area contributed by atoms with Gasteiger partial charge in [-0.05, 0) is 37.5 Å². The van der Waals surface area contributed by atoms with Crippen molar-refractivity contribution in [1.82, 2.24) is 10.2 Å². The molecule has 3 heterocycles. The van der Waals surface area contributed by atoms with Crippen molar-refractivity contribution in [3.8, 4) is 0 Å². The van der Waals surface area contributed by atoms with Crippen molar-refractivity contribution in [2.75, 3.05) is 25.4 Å². The SMILES string of the molecule is CCCCSCc1cc(C(=O)N2CC[C@@H]3CNC[C@@H]32)oc1C. The number of thioether (sulfide) groups is 1. The molecule has 2 saturated heterocycles. The zero-order valence-corrected chi connectivity index (χ0v) is 14.4. The highest BCUT2D eigenvalue weighted by molar-refractivity contribution is 7.98. The van der Waals surface area contributed by atoms with Crippen LogP contribution in [0.1, 0.15) is 48.1 Å². The summed E-state index contributed by atoms with van der Waals surface area (Å²) < 4.78 is 5.77. The predicted molar refractivity (Wildman–Crippen MR) is 90.3 cm³/mol. The number of nitrogens with zero attached hydrogens (tertiary/aromatic N) is 1. The normalized spacial score (nSPS) is 24.0. The predicted octanol–water partition coefficient (Wildman–Crippen LogP) is 3.06. The van der Waals surface area contributed by atoms with Crippen LogP contribution in [0.5, 0.6) is 0 Å². The number of rotatable bonds is 6. The summed E-state index contributed by atoms with van der Waals surface area (Å²) in [5.41, 5.74) is 1.17. The lowest BCUT2D eigenvalue weighted by molar-refractivity contribution is 0.0703. The first kappa shape index (κ1) is 15.9. The third kappa shape index (κ3) is 3.20. The van der Waals surface area contributed by atoms with Crippen LogP contribution in [-0.4, -0.2) is 42.2 Å². The molecule has 2 fully saturated rings. The second-order valence-electron chi connectivity index (χ2n) is 6.37. The molecule has 0 unspecified atom stereocenters. The molecule has 0 spiro atoms. The molecule has 0 saturated carbocycles. The highest BCUT2D eigenvalue weighted by Crippen LogP contribution is 2.30. The second-order valence-corrected chi connectivity index (χ2v) is 7.48. The van der Waals surface area contributed by atoms with Crippen LogP contribution in [0, 0.1) is 12.8 Å². The van der Waals surface area contributed by atoms with Gasteiger partial charge >= 0.3 is 0 Å². The highest BCUT2D eigenvalue weighted by Gasteiger charge is 2.40. The molecule has 0 aliphatic carbocycles. The van der Waals surface area contributed by atoms with Crippen molar-refractivity contribution < 1.29 is 9.21 Å². The number of hydrogen-bond donors (Lipinski definition) is 1.